The second kappa shape index (κ2) is 8.31. The van der Waals surface area contributed by atoms with Crippen LogP contribution in [0.15, 0.2) is 18.2 Å². The fourth-order valence-corrected chi connectivity index (χ4v) is 5.89. The molecule has 0 radical (unpaired) electrons. The molecule has 0 saturated carbocycles. The average Bonchev–Trinajstić information content (AvgIpc) is 3.20. The van der Waals surface area contributed by atoms with Gasteiger partial charge in [0.15, 0.2) is 5.78 Å². The number of carboxylic acid groups (broad SMARTS) is 1. The molecular formula is C24H28N2O5S. The molecule has 3 amide bonds. The van der Waals surface area contributed by atoms with Crippen LogP contribution in [-0.2, 0) is 22.4 Å². The highest BCUT2D eigenvalue weighted by Crippen LogP contribution is 2.37. The number of fused-ring (bicyclic) bond motifs is 3. The van der Waals surface area contributed by atoms with Crippen molar-refractivity contribution in [2.24, 2.45) is 5.92 Å². The van der Waals surface area contributed by atoms with E-state index in [1.807, 2.05) is 12.1 Å². The van der Waals surface area contributed by atoms with Crippen LogP contribution in [0.1, 0.15) is 60.3 Å². The van der Waals surface area contributed by atoms with Crippen molar-refractivity contribution in [1.29, 1.82) is 0 Å². The summed E-state index contributed by atoms with van der Waals surface area (Å²) in [4.78, 5) is 53.5. The molecule has 2 heterocycles. The van der Waals surface area contributed by atoms with Gasteiger partial charge in [0.1, 0.15) is 5.54 Å². The monoisotopic (exact) mass is 456 g/mol. The molecule has 0 spiro atoms. The average molecular weight is 457 g/mol. The minimum Gasteiger partial charge on any atom is -0.481 e. The molecular weight excluding hydrogens is 428 g/mol. The van der Waals surface area contributed by atoms with Gasteiger partial charge in [-0.15, -0.1) is 11.3 Å². The molecule has 2 aromatic rings. The summed E-state index contributed by atoms with van der Waals surface area (Å²) >= 11 is 1.73. The molecule has 1 aromatic carbocycles. The molecule has 1 aliphatic carbocycles. The first-order valence-corrected chi connectivity index (χ1v) is 11.8. The molecule has 7 nitrogen and oxygen atoms in total. The lowest BCUT2D eigenvalue weighted by atomic mass is 9.93. The Morgan fingerprint density at radius 1 is 1.19 bits per heavy atom. The number of nitrogens with zero attached hydrogens (tertiary/aromatic N) is 2. The summed E-state index contributed by atoms with van der Waals surface area (Å²) in [5, 5.41) is 10.9. The van der Waals surface area contributed by atoms with Crippen LogP contribution in [0.5, 0.6) is 0 Å². The summed E-state index contributed by atoms with van der Waals surface area (Å²) in [7, 11) is 1.55. The number of amides is 3. The zero-order valence-corrected chi connectivity index (χ0v) is 19.5. The number of rotatable bonds is 7. The van der Waals surface area contributed by atoms with Gasteiger partial charge in [-0.3, -0.25) is 19.3 Å². The lowest BCUT2D eigenvalue weighted by Gasteiger charge is -2.22. The van der Waals surface area contributed by atoms with E-state index in [0.717, 1.165) is 22.4 Å². The normalized spacial score (nSPS) is 18.8. The summed E-state index contributed by atoms with van der Waals surface area (Å²) in [6, 6.07) is 5.21. The van der Waals surface area contributed by atoms with E-state index in [1.165, 1.54) is 33.6 Å². The van der Waals surface area contributed by atoms with E-state index in [0.29, 0.717) is 5.56 Å². The van der Waals surface area contributed by atoms with E-state index in [9.17, 15) is 24.3 Å². The molecule has 1 atom stereocenters. The standard InChI is InChI=1S/C24H28N2O5S/c1-24(2)22(30)26(23(31)25(24)3)11-10-15(21(28)29)12-18(27)14-8-9-17-16-6-4-5-7-19(16)32-20(17)13-14/h8-9,13,15H,4-7,10-12H2,1-3H3,(H,28,29). The predicted molar refractivity (Wildman–Crippen MR) is 122 cm³/mol. The first-order chi connectivity index (χ1) is 15.1. The minimum absolute atomic E-state index is 0.0215. The summed E-state index contributed by atoms with van der Waals surface area (Å²) in [6.45, 7) is 3.29. The fraction of sp³-hybridized carbons (Fsp3) is 0.500. The molecule has 1 unspecified atom stereocenters. The number of aryl methyl sites for hydroxylation is 2. The maximum Gasteiger partial charge on any atom is 0.327 e. The van der Waals surface area contributed by atoms with Crippen molar-refractivity contribution in [2.75, 3.05) is 13.6 Å². The van der Waals surface area contributed by atoms with Gasteiger partial charge in [0.2, 0.25) is 0 Å². The maximum absolute atomic E-state index is 12.9. The Morgan fingerprint density at radius 2 is 1.91 bits per heavy atom. The largest absolute Gasteiger partial charge is 0.481 e. The second-order valence-electron chi connectivity index (χ2n) is 9.23. The Morgan fingerprint density at radius 3 is 2.56 bits per heavy atom. The van der Waals surface area contributed by atoms with E-state index >= 15 is 0 Å². The number of carbonyl (C=O) groups is 4. The predicted octanol–water partition coefficient (Wildman–Crippen LogP) is 4.12. The van der Waals surface area contributed by atoms with Crippen LogP contribution in [0.3, 0.4) is 0 Å². The number of thiophene rings is 1. The number of benzene rings is 1. The summed E-state index contributed by atoms with van der Waals surface area (Å²) in [5.41, 5.74) is 0.948. The van der Waals surface area contributed by atoms with Gasteiger partial charge in [-0.1, -0.05) is 12.1 Å². The van der Waals surface area contributed by atoms with Gasteiger partial charge in [-0.25, -0.2) is 4.79 Å². The molecule has 1 aromatic heterocycles. The van der Waals surface area contributed by atoms with Crippen LogP contribution in [0, 0.1) is 5.92 Å². The van der Waals surface area contributed by atoms with Crippen LogP contribution >= 0.6 is 11.3 Å². The first kappa shape index (κ1) is 22.5. The highest BCUT2D eigenvalue weighted by atomic mass is 32.1. The molecule has 0 bridgehead atoms. The van der Waals surface area contributed by atoms with Crippen LogP contribution in [0.2, 0.25) is 0 Å². The Kier molecular flexibility index (Phi) is 5.83. The number of urea groups is 1. The van der Waals surface area contributed by atoms with Gasteiger partial charge in [0.05, 0.1) is 5.92 Å². The molecule has 8 heteroatoms. The van der Waals surface area contributed by atoms with Gasteiger partial charge < -0.3 is 10.0 Å². The number of carbonyl (C=O) groups excluding carboxylic acids is 3. The Bertz CT molecular complexity index is 1120. The van der Waals surface area contributed by atoms with Crippen LogP contribution < -0.4 is 0 Å². The lowest BCUT2D eigenvalue weighted by Crippen LogP contribution is -2.41. The third-order valence-electron chi connectivity index (χ3n) is 6.89. The number of aliphatic carboxylic acids is 1. The van der Waals surface area contributed by atoms with Crippen molar-refractivity contribution in [2.45, 2.75) is 57.9 Å². The van der Waals surface area contributed by atoms with Gasteiger partial charge in [-0.05, 0) is 63.0 Å². The molecule has 1 saturated heterocycles. The number of carboxylic acids is 1. The number of likely N-dealkylation sites (N-methyl/N-ethyl adjacent to an activating group) is 1. The number of hydrogen-bond acceptors (Lipinski definition) is 5. The second-order valence-corrected chi connectivity index (χ2v) is 10.4. The van der Waals surface area contributed by atoms with E-state index in [-0.39, 0.29) is 31.1 Å². The summed E-state index contributed by atoms with van der Waals surface area (Å²) < 4.78 is 1.08. The van der Waals surface area contributed by atoms with Gasteiger partial charge in [-0.2, -0.15) is 0 Å². The SMILES string of the molecule is CN1C(=O)N(CCC(CC(=O)c2ccc3c4c(sc3c2)CCCC4)C(=O)O)C(=O)C1(C)C. The molecule has 4 rings (SSSR count). The summed E-state index contributed by atoms with van der Waals surface area (Å²) in [5.74, 6) is -2.66. The number of ketones is 1. The lowest BCUT2D eigenvalue weighted by molar-refractivity contribution is -0.142. The Hall–Kier alpha value is -2.74. The zero-order valence-electron chi connectivity index (χ0n) is 18.6. The summed E-state index contributed by atoms with van der Waals surface area (Å²) in [6.07, 6.45) is 4.41. The van der Waals surface area contributed by atoms with Gasteiger partial charge >= 0.3 is 12.0 Å². The zero-order chi connectivity index (χ0) is 23.2. The molecule has 1 fully saturated rings. The van der Waals surface area contributed by atoms with Gasteiger partial charge in [0, 0.05) is 35.2 Å². The molecule has 2 aliphatic rings. The number of Topliss-reactive ketones (excluding diaryl/α,β-unsaturated/α-hetero) is 1. The van der Waals surface area contributed by atoms with Crippen molar-refractivity contribution in [3.8, 4) is 0 Å². The van der Waals surface area contributed by atoms with E-state index in [4.69, 9.17) is 0 Å². The van der Waals surface area contributed by atoms with Crippen LogP contribution in [-0.4, -0.2) is 57.7 Å². The molecule has 170 valence electrons. The third-order valence-corrected chi connectivity index (χ3v) is 8.14. The van der Waals surface area contributed by atoms with Crippen molar-refractivity contribution in [1.82, 2.24) is 9.80 Å². The smallest absolute Gasteiger partial charge is 0.327 e. The Balaban J connectivity index is 1.46. The Labute approximate surface area is 191 Å². The number of hydrogen-bond donors (Lipinski definition) is 1. The highest BCUT2D eigenvalue weighted by molar-refractivity contribution is 7.19. The van der Waals surface area contributed by atoms with E-state index < -0.39 is 23.5 Å². The minimum atomic E-state index is -1.10. The van der Waals surface area contributed by atoms with E-state index in [2.05, 4.69) is 0 Å². The van der Waals surface area contributed by atoms with Crippen molar-refractivity contribution in [3.63, 3.8) is 0 Å². The first-order valence-electron chi connectivity index (χ1n) is 11.0. The maximum atomic E-state index is 12.9. The van der Waals surface area contributed by atoms with Crippen molar-refractivity contribution >= 4 is 45.1 Å². The van der Waals surface area contributed by atoms with Crippen LogP contribution in [0.4, 0.5) is 4.79 Å². The highest BCUT2D eigenvalue weighted by Gasteiger charge is 2.49. The van der Waals surface area contributed by atoms with Crippen LogP contribution in [0.25, 0.3) is 10.1 Å². The molecule has 1 N–H and O–H groups in total. The topological polar surface area (TPSA) is 95.0 Å². The van der Waals surface area contributed by atoms with E-state index in [1.54, 1.807) is 38.3 Å². The molecule has 1 aliphatic heterocycles. The van der Waals surface area contributed by atoms with Crippen molar-refractivity contribution < 1.29 is 24.3 Å². The third kappa shape index (κ3) is 3.81. The fourth-order valence-electron chi connectivity index (χ4n) is 4.55. The van der Waals surface area contributed by atoms with Crippen molar-refractivity contribution in [3.05, 3.63) is 34.2 Å². The van der Waals surface area contributed by atoms with Gasteiger partial charge in [0.25, 0.3) is 5.91 Å². The quantitative estimate of drug-likeness (QED) is 0.500. The number of imide groups is 1. The molecule has 32 heavy (non-hydrogen) atoms.